The van der Waals surface area contributed by atoms with Gasteiger partial charge in [0, 0.05) is 18.7 Å². The number of carbonyl (C=O) groups is 2. The Morgan fingerprint density at radius 3 is 2.40 bits per heavy atom. The number of nitrogens with zero attached hydrogens (tertiary/aromatic N) is 1. The van der Waals surface area contributed by atoms with Crippen LogP contribution in [-0.2, 0) is 14.3 Å². The molecule has 138 valence electrons. The molecule has 0 N–H and O–H groups in total. The maximum Gasteiger partial charge on any atom is 0.307 e. The minimum atomic E-state index is -0.301. The number of esters is 1. The molecule has 0 heterocycles. The number of benzene rings is 1. The van der Waals surface area contributed by atoms with Crippen molar-refractivity contribution >= 4 is 18.0 Å². The number of amides is 1. The molecule has 0 aliphatic heterocycles. The normalized spacial score (nSPS) is 10.8. The zero-order chi connectivity index (χ0) is 18.8. The van der Waals surface area contributed by atoms with Gasteiger partial charge in [-0.2, -0.15) is 0 Å². The van der Waals surface area contributed by atoms with E-state index in [1.54, 1.807) is 44.3 Å². The van der Waals surface area contributed by atoms with Crippen molar-refractivity contribution in [2.75, 3.05) is 27.4 Å². The van der Waals surface area contributed by atoms with Crippen LogP contribution in [0.25, 0.3) is 6.08 Å². The molecular formula is C19H27NO5. The van der Waals surface area contributed by atoms with Gasteiger partial charge in [0.05, 0.1) is 27.2 Å². The van der Waals surface area contributed by atoms with Gasteiger partial charge in [0.25, 0.3) is 0 Å². The Hall–Kier alpha value is -2.50. The lowest BCUT2D eigenvalue weighted by Crippen LogP contribution is -2.37. The lowest BCUT2D eigenvalue weighted by Gasteiger charge is -2.25. The van der Waals surface area contributed by atoms with Crippen LogP contribution in [0, 0.1) is 0 Å². The zero-order valence-electron chi connectivity index (χ0n) is 15.6. The Labute approximate surface area is 149 Å². The van der Waals surface area contributed by atoms with Crippen LogP contribution in [0.3, 0.4) is 0 Å². The van der Waals surface area contributed by atoms with E-state index in [1.807, 2.05) is 19.9 Å². The number of carbonyl (C=O) groups excluding carboxylic acids is 2. The van der Waals surface area contributed by atoms with E-state index in [0.717, 1.165) is 5.56 Å². The predicted molar refractivity (Wildman–Crippen MR) is 96.7 cm³/mol. The van der Waals surface area contributed by atoms with E-state index in [9.17, 15) is 9.59 Å². The Balaban J connectivity index is 2.79. The van der Waals surface area contributed by atoms with Crippen molar-refractivity contribution in [1.82, 2.24) is 4.90 Å². The van der Waals surface area contributed by atoms with Gasteiger partial charge in [-0.25, -0.2) is 0 Å². The fraction of sp³-hybridized carbons (Fsp3) is 0.474. The minimum absolute atomic E-state index is 0.0167. The first-order valence-electron chi connectivity index (χ1n) is 8.29. The Morgan fingerprint density at radius 2 is 1.84 bits per heavy atom. The first-order valence-corrected chi connectivity index (χ1v) is 8.29. The van der Waals surface area contributed by atoms with Gasteiger partial charge in [-0.1, -0.05) is 6.07 Å². The molecule has 1 aromatic rings. The summed E-state index contributed by atoms with van der Waals surface area (Å²) in [6, 6.07) is 5.39. The molecule has 0 aliphatic rings. The summed E-state index contributed by atoms with van der Waals surface area (Å²) in [5.74, 6) is 0.767. The van der Waals surface area contributed by atoms with Crippen molar-refractivity contribution in [3.63, 3.8) is 0 Å². The number of methoxy groups -OCH3 is 2. The number of rotatable bonds is 9. The topological polar surface area (TPSA) is 65.1 Å². The van der Waals surface area contributed by atoms with Gasteiger partial charge in [-0.05, 0) is 44.5 Å². The fourth-order valence-corrected chi connectivity index (χ4v) is 2.29. The Bertz CT molecular complexity index is 610. The highest BCUT2D eigenvalue weighted by Gasteiger charge is 2.16. The van der Waals surface area contributed by atoms with Gasteiger partial charge in [-0.3, -0.25) is 9.59 Å². The van der Waals surface area contributed by atoms with Gasteiger partial charge in [0.1, 0.15) is 0 Å². The van der Waals surface area contributed by atoms with Crippen LogP contribution in [0.2, 0.25) is 0 Å². The van der Waals surface area contributed by atoms with Crippen molar-refractivity contribution in [1.29, 1.82) is 0 Å². The van der Waals surface area contributed by atoms with Gasteiger partial charge < -0.3 is 19.1 Å². The fourth-order valence-electron chi connectivity index (χ4n) is 2.29. The maximum absolute atomic E-state index is 12.4. The van der Waals surface area contributed by atoms with Crippen molar-refractivity contribution in [3.8, 4) is 11.5 Å². The molecular weight excluding hydrogens is 322 g/mol. The SMILES string of the molecule is CCOC(=O)CCN(C(=O)/C=C/c1ccc(OC)c(OC)c1)C(C)C. The summed E-state index contributed by atoms with van der Waals surface area (Å²) >= 11 is 0. The van der Waals surface area contributed by atoms with Crippen LogP contribution in [0.1, 0.15) is 32.8 Å². The Kier molecular flexibility index (Phi) is 8.53. The summed E-state index contributed by atoms with van der Waals surface area (Å²) in [4.78, 5) is 25.6. The summed E-state index contributed by atoms with van der Waals surface area (Å²) in [7, 11) is 3.13. The highest BCUT2D eigenvalue weighted by Crippen LogP contribution is 2.28. The molecule has 0 unspecified atom stereocenters. The van der Waals surface area contributed by atoms with E-state index < -0.39 is 0 Å². The van der Waals surface area contributed by atoms with Crippen molar-refractivity contribution < 1.29 is 23.8 Å². The van der Waals surface area contributed by atoms with E-state index >= 15 is 0 Å². The summed E-state index contributed by atoms with van der Waals surface area (Å²) in [6.45, 7) is 6.25. The smallest absolute Gasteiger partial charge is 0.307 e. The van der Waals surface area contributed by atoms with Crippen LogP contribution in [0.15, 0.2) is 24.3 Å². The van der Waals surface area contributed by atoms with Gasteiger partial charge in [-0.15, -0.1) is 0 Å². The van der Waals surface area contributed by atoms with Crippen LogP contribution in [0.4, 0.5) is 0 Å². The van der Waals surface area contributed by atoms with Crippen LogP contribution < -0.4 is 9.47 Å². The summed E-state index contributed by atoms with van der Waals surface area (Å²) in [5.41, 5.74) is 0.820. The highest BCUT2D eigenvalue weighted by atomic mass is 16.5. The van der Waals surface area contributed by atoms with E-state index in [4.69, 9.17) is 14.2 Å². The zero-order valence-corrected chi connectivity index (χ0v) is 15.6. The third kappa shape index (κ3) is 6.49. The first kappa shape index (κ1) is 20.5. The summed E-state index contributed by atoms with van der Waals surface area (Å²) in [6.07, 6.45) is 3.39. The van der Waals surface area contributed by atoms with Crippen molar-refractivity contribution in [2.24, 2.45) is 0 Å². The predicted octanol–water partition coefficient (Wildman–Crippen LogP) is 2.91. The minimum Gasteiger partial charge on any atom is -0.493 e. The van der Waals surface area contributed by atoms with Crippen molar-refractivity contribution in [2.45, 2.75) is 33.2 Å². The molecule has 6 nitrogen and oxygen atoms in total. The van der Waals surface area contributed by atoms with E-state index in [2.05, 4.69) is 0 Å². The van der Waals surface area contributed by atoms with E-state index in [0.29, 0.717) is 24.7 Å². The molecule has 0 atom stereocenters. The quantitative estimate of drug-likeness (QED) is 0.507. The molecule has 1 rings (SSSR count). The molecule has 1 aromatic carbocycles. The molecule has 0 spiro atoms. The van der Waals surface area contributed by atoms with E-state index in [1.165, 1.54) is 6.08 Å². The number of hydrogen-bond donors (Lipinski definition) is 0. The molecule has 0 saturated carbocycles. The van der Waals surface area contributed by atoms with Crippen LogP contribution >= 0.6 is 0 Å². The second-order valence-corrected chi connectivity index (χ2v) is 5.63. The molecule has 0 fully saturated rings. The highest BCUT2D eigenvalue weighted by molar-refractivity contribution is 5.92. The summed E-state index contributed by atoms with van der Waals surface area (Å²) < 4.78 is 15.4. The third-order valence-corrected chi connectivity index (χ3v) is 3.59. The number of ether oxygens (including phenoxy) is 3. The molecule has 25 heavy (non-hydrogen) atoms. The maximum atomic E-state index is 12.4. The molecule has 1 amide bonds. The monoisotopic (exact) mass is 349 g/mol. The molecule has 0 bridgehead atoms. The van der Waals surface area contributed by atoms with Gasteiger partial charge >= 0.3 is 5.97 Å². The second-order valence-electron chi connectivity index (χ2n) is 5.63. The third-order valence-electron chi connectivity index (χ3n) is 3.59. The van der Waals surface area contributed by atoms with Crippen molar-refractivity contribution in [3.05, 3.63) is 29.8 Å². The van der Waals surface area contributed by atoms with Gasteiger partial charge in [0.15, 0.2) is 11.5 Å². The van der Waals surface area contributed by atoms with Crippen LogP contribution in [-0.4, -0.2) is 50.2 Å². The molecule has 0 saturated heterocycles. The average Bonchev–Trinajstić information content (AvgIpc) is 2.59. The van der Waals surface area contributed by atoms with E-state index in [-0.39, 0.29) is 24.3 Å². The number of hydrogen-bond acceptors (Lipinski definition) is 5. The largest absolute Gasteiger partial charge is 0.493 e. The molecule has 6 heteroatoms. The molecule has 0 aromatic heterocycles. The van der Waals surface area contributed by atoms with Gasteiger partial charge in [0.2, 0.25) is 5.91 Å². The molecule has 0 aliphatic carbocycles. The van der Waals surface area contributed by atoms with Crippen LogP contribution in [0.5, 0.6) is 11.5 Å². The lowest BCUT2D eigenvalue weighted by atomic mass is 10.1. The summed E-state index contributed by atoms with van der Waals surface area (Å²) in [5, 5.41) is 0. The molecule has 0 radical (unpaired) electrons. The lowest BCUT2D eigenvalue weighted by molar-refractivity contribution is -0.144. The standard InChI is InChI=1S/C19H27NO5/c1-6-25-19(22)11-12-20(14(2)3)18(21)10-8-15-7-9-16(23-4)17(13-15)24-5/h7-10,13-14H,6,11-12H2,1-5H3/b10-8+. The second kappa shape index (κ2) is 10.4. The first-order chi connectivity index (χ1) is 11.9. The Morgan fingerprint density at radius 1 is 1.16 bits per heavy atom. The average molecular weight is 349 g/mol.